The molecule has 3 aromatic rings. The highest BCUT2D eigenvalue weighted by Gasteiger charge is 2.15. The predicted octanol–water partition coefficient (Wildman–Crippen LogP) is 1.85. The molecule has 0 aliphatic carbocycles. The fourth-order valence-corrected chi connectivity index (χ4v) is 2.38. The Morgan fingerprint density at radius 3 is 3.00 bits per heavy atom. The van der Waals surface area contributed by atoms with Crippen molar-refractivity contribution in [2.75, 3.05) is 0 Å². The Morgan fingerprint density at radius 2 is 2.26 bits per heavy atom. The number of imidazole rings is 2. The van der Waals surface area contributed by atoms with Crippen LogP contribution in [-0.4, -0.2) is 19.5 Å². The first kappa shape index (κ1) is 11.9. The number of aryl methyl sites for hydroxylation is 2. The first-order valence-electron chi connectivity index (χ1n) is 6.31. The van der Waals surface area contributed by atoms with Gasteiger partial charge in [-0.1, -0.05) is 6.07 Å². The van der Waals surface area contributed by atoms with Crippen molar-refractivity contribution in [1.82, 2.24) is 19.5 Å². The second-order valence-electron chi connectivity index (χ2n) is 4.91. The molecular weight excluding hydrogens is 238 g/mol. The van der Waals surface area contributed by atoms with Crippen LogP contribution in [0.15, 0.2) is 30.7 Å². The fraction of sp³-hybridized carbons (Fsp3) is 0.286. The summed E-state index contributed by atoms with van der Waals surface area (Å²) in [5.41, 5.74) is 10.6. The van der Waals surface area contributed by atoms with Gasteiger partial charge in [0.1, 0.15) is 5.82 Å². The van der Waals surface area contributed by atoms with Crippen molar-refractivity contribution < 1.29 is 0 Å². The quantitative estimate of drug-likeness (QED) is 0.750. The van der Waals surface area contributed by atoms with Gasteiger partial charge in [-0.25, -0.2) is 9.97 Å². The van der Waals surface area contributed by atoms with Crippen LogP contribution in [0.5, 0.6) is 0 Å². The van der Waals surface area contributed by atoms with Crippen molar-refractivity contribution in [3.63, 3.8) is 0 Å². The molecule has 2 aromatic heterocycles. The molecule has 0 fully saturated rings. The highest BCUT2D eigenvalue weighted by Crippen LogP contribution is 2.21. The number of aromatic amines is 1. The Bertz CT molecular complexity index is 696. The molecule has 3 N–H and O–H groups in total. The summed E-state index contributed by atoms with van der Waals surface area (Å²) in [5, 5.41) is 0. The summed E-state index contributed by atoms with van der Waals surface area (Å²) in [7, 11) is 2.01. The number of fused-ring (bicyclic) bond motifs is 1. The van der Waals surface area contributed by atoms with Crippen molar-refractivity contribution in [2.45, 2.75) is 19.4 Å². The van der Waals surface area contributed by atoms with E-state index >= 15 is 0 Å². The van der Waals surface area contributed by atoms with Gasteiger partial charge in [-0.15, -0.1) is 0 Å². The lowest BCUT2D eigenvalue weighted by Gasteiger charge is -2.10. The average Bonchev–Trinajstić information content (AvgIpc) is 2.97. The standard InChI is InChI=1S/C14H17N5/c1-9-3-4-13-12(5-9)18-14(19(13)2)11(15)6-10-7-16-8-17-10/h3-5,7-8,11H,6,15H2,1-2H3,(H,16,17). The number of aromatic nitrogens is 4. The summed E-state index contributed by atoms with van der Waals surface area (Å²) in [4.78, 5) is 11.7. The molecule has 19 heavy (non-hydrogen) atoms. The SMILES string of the molecule is Cc1ccc2c(c1)nc(C(N)Cc1cnc[nH]1)n2C. The van der Waals surface area contributed by atoms with E-state index in [1.165, 1.54) is 5.56 Å². The summed E-state index contributed by atoms with van der Waals surface area (Å²) >= 11 is 0. The zero-order valence-corrected chi connectivity index (χ0v) is 11.1. The van der Waals surface area contributed by atoms with Crippen molar-refractivity contribution in [2.24, 2.45) is 12.8 Å². The van der Waals surface area contributed by atoms with Crippen molar-refractivity contribution in [3.05, 3.63) is 47.8 Å². The van der Waals surface area contributed by atoms with Crippen LogP contribution >= 0.6 is 0 Å². The first-order valence-corrected chi connectivity index (χ1v) is 6.31. The molecule has 2 heterocycles. The third-order valence-electron chi connectivity index (χ3n) is 3.40. The molecule has 1 atom stereocenters. The maximum absolute atomic E-state index is 6.26. The molecule has 0 aliphatic heterocycles. The molecule has 0 amide bonds. The van der Waals surface area contributed by atoms with Crippen LogP contribution in [-0.2, 0) is 13.5 Å². The van der Waals surface area contributed by atoms with Gasteiger partial charge in [-0.2, -0.15) is 0 Å². The zero-order chi connectivity index (χ0) is 13.4. The van der Waals surface area contributed by atoms with E-state index in [-0.39, 0.29) is 6.04 Å². The van der Waals surface area contributed by atoms with Crippen molar-refractivity contribution in [3.8, 4) is 0 Å². The van der Waals surface area contributed by atoms with Gasteiger partial charge in [-0.3, -0.25) is 0 Å². The number of H-pyrrole nitrogens is 1. The molecule has 0 radical (unpaired) electrons. The molecule has 0 saturated carbocycles. The summed E-state index contributed by atoms with van der Waals surface area (Å²) in [5.74, 6) is 0.898. The normalized spacial score (nSPS) is 13.0. The van der Waals surface area contributed by atoms with E-state index < -0.39 is 0 Å². The number of nitrogens with one attached hydrogen (secondary N) is 1. The Kier molecular flexibility index (Phi) is 2.83. The summed E-state index contributed by atoms with van der Waals surface area (Å²) in [6.07, 6.45) is 4.17. The number of rotatable bonds is 3. The number of nitrogens with zero attached hydrogens (tertiary/aromatic N) is 3. The molecule has 1 aromatic carbocycles. The largest absolute Gasteiger partial charge is 0.348 e. The van der Waals surface area contributed by atoms with E-state index in [0.29, 0.717) is 6.42 Å². The van der Waals surface area contributed by atoms with Crippen LogP contribution in [0.4, 0.5) is 0 Å². The monoisotopic (exact) mass is 255 g/mol. The molecule has 0 saturated heterocycles. The lowest BCUT2D eigenvalue weighted by molar-refractivity contribution is 0.631. The second kappa shape index (κ2) is 4.51. The molecule has 5 heteroatoms. The minimum Gasteiger partial charge on any atom is -0.348 e. The van der Waals surface area contributed by atoms with Crippen LogP contribution in [0, 0.1) is 6.92 Å². The van der Waals surface area contributed by atoms with Crippen LogP contribution < -0.4 is 5.73 Å². The van der Waals surface area contributed by atoms with E-state index in [4.69, 9.17) is 5.73 Å². The maximum atomic E-state index is 6.26. The Labute approximate surface area is 111 Å². The lowest BCUT2D eigenvalue weighted by atomic mass is 10.1. The van der Waals surface area contributed by atoms with Gasteiger partial charge < -0.3 is 15.3 Å². The highest BCUT2D eigenvalue weighted by atomic mass is 15.1. The molecular formula is C14H17N5. The summed E-state index contributed by atoms with van der Waals surface area (Å²) in [6.45, 7) is 2.07. The van der Waals surface area contributed by atoms with E-state index in [2.05, 4.69) is 44.6 Å². The van der Waals surface area contributed by atoms with Gasteiger partial charge in [0.25, 0.3) is 0 Å². The van der Waals surface area contributed by atoms with Crippen LogP contribution in [0.25, 0.3) is 11.0 Å². The van der Waals surface area contributed by atoms with Gasteiger partial charge in [0, 0.05) is 25.4 Å². The number of nitrogens with two attached hydrogens (primary N) is 1. The van der Waals surface area contributed by atoms with Gasteiger partial charge in [-0.05, 0) is 24.6 Å². The molecule has 0 spiro atoms. The van der Waals surface area contributed by atoms with E-state index in [1.54, 1.807) is 12.5 Å². The molecule has 0 aliphatic rings. The van der Waals surface area contributed by atoms with E-state index in [0.717, 1.165) is 22.6 Å². The zero-order valence-electron chi connectivity index (χ0n) is 11.1. The van der Waals surface area contributed by atoms with Crippen LogP contribution in [0.2, 0.25) is 0 Å². The van der Waals surface area contributed by atoms with Crippen molar-refractivity contribution in [1.29, 1.82) is 0 Å². The minimum absolute atomic E-state index is 0.141. The third kappa shape index (κ3) is 2.13. The second-order valence-corrected chi connectivity index (χ2v) is 4.91. The Hall–Kier alpha value is -2.14. The van der Waals surface area contributed by atoms with E-state index in [9.17, 15) is 0 Å². The molecule has 1 unspecified atom stereocenters. The Balaban J connectivity index is 1.98. The van der Waals surface area contributed by atoms with Gasteiger partial charge in [0.15, 0.2) is 0 Å². The number of benzene rings is 1. The van der Waals surface area contributed by atoms with Crippen molar-refractivity contribution >= 4 is 11.0 Å². The Morgan fingerprint density at radius 1 is 1.42 bits per heavy atom. The maximum Gasteiger partial charge on any atom is 0.127 e. The number of hydrogen-bond donors (Lipinski definition) is 2. The van der Waals surface area contributed by atoms with Crippen LogP contribution in [0.1, 0.15) is 23.1 Å². The molecule has 98 valence electrons. The van der Waals surface area contributed by atoms with Gasteiger partial charge in [0.2, 0.25) is 0 Å². The highest BCUT2D eigenvalue weighted by molar-refractivity contribution is 5.76. The smallest absolute Gasteiger partial charge is 0.127 e. The fourth-order valence-electron chi connectivity index (χ4n) is 2.38. The van der Waals surface area contributed by atoms with Gasteiger partial charge >= 0.3 is 0 Å². The van der Waals surface area contributed by atoms with Crippen LogP contribution in [0.3, 0.4) is 0 Å². The predicted molar refractivity (Wildman–Crippen MR) is 74.7 cm³/mol. The first-order chi connectivity index (χ1) is 9.15. The third-order valence-corrected chi connectivity index (χ3v) is 3.40. The topological polar surface area (TPSA) is 72.5 Å². The molecule has 5 nitrogen and oxygen atoms in total. The van der Waals surface area contributed by atoms with Gasteiger partial charge in [0.05, 0.1) is 23.4 Å². The van der Waals surface area contributed by atoms with E-state index in [1.807, 2.05) is 7.05 Å². The summed E-state index contributed by atoms with van der Waals surface area (Å²) < 4.78 is 2.07. The average molecular weight is 255 g/mol. The summed E-state index contributed by atoms with van der Waals surface area (Å²) in [6, 6.07) is 6.12. The molecule has 0 bridgehead atoms. The molecule has 3 rings (SSSR count). The minimum atomic E-state index is -0.141. The number of hydrogen-bond acceptors (Lipinski definition) is 3. The lowest BCUT2D eigenvalue weighted by Crippen LogP contribution is -2.18.